The van der Waals surface area contributed by atoms with Crippen LogP contribution in [0.4, 0.5) is 0 Å². The van der Waals surface area contributed by atoms with Crippen molar-refractivity contribution in [3.63, 3.8) is 0 Å². The largest absolute Gasteiger partial charge is 0.481 e. The summed E-state index contributed by atoms with van der Waals surface area (Å²) in [5.41, 5.74) is 18.0. The molecule has 38 heavy (non-hydrogen) atoms. The molecule has 0 heterocycles. The van der Waals surface area contributed by atoms with Gasteiger partial charge in [0.15, 0.2) is 0 Å². The number of carboxylic acids is 2. The molecule has 3 amide bonds. The molecule has 0 saturated carbocycles. The third kappa shape index (κ3) is 12.6. The van der Waals surface area contributed by atoms with Gasteiger partial charge in [0.25, 0.3) is 0 Å². The second-order valence-electron chi connectivity index (χ2n) is 8.98. The van der Waals surface area contributed by atoms with Gasteiger partial charge < -0.3 is 43.4 Å². The fourth-order valence-electron chi connectivity index (χ4n) is 3.68. The average molecular weight is 537 g/mol. The van der Waals surface area contributed by atoms with Gasteiger partial charge in [-0.15, -0.1) is 0 Å². The minimum absolute atomic E-state index is 0.130. The molecule has 0 aliphatic rings. The van der Waals surface area contributed by atoms with Crippen LogP contribution < -0.4 is 33.2 Å². The van der Waals surface area contributed by atoms with Gasteiger partial charge in [0.2, 0.25) is 17.7 Å². The smallest absolute Gasteiger partial charge is 0.326 e. The van der Waals surface area contributed by atoms with Crippen molar-refractivity contribution in [3.8, 4) is 0 Å². The second kappa shape index (κ2) is 17.8. The lowest BCUT2D eigenvalue weighted by atomic mass is 10.0. The molecule has 1 aromatic rings. The van der Waals surface area contributed by atoms with E-state index < -0.39 is 60.2 Å². The monoisotopic (exact) mass is 536 g/mol. The van der Waals surface area contributed by atoms with Gasteiger partial charge >= 0.3 is 11.9 Å². The van der Waals surface area contributed by atoms with Crippen molar-refractivity contribution >= 4 is 29.7 Å². The molecule has 0 radical (unpaired) electrons. The molecule has 1 rings (SSSR count). The number of nitrogens with two attached hydrogens (primary N) is 3. The van der Waals surface area contributed by atoms with Gasteiger partial charge in [-0.2, -0.15) is 0 Å². The summed E-state index contributed by atoms with van der Waals surface area (Å²) in [5, 5.41) is 25.6. The Morgan fingerprint density at radius 3 is 1.63 bits per heavy atom. The molecule has 11 N–H and O–H groups in total. The predicted octanol–water partition coefficient (Wildman–Crippen LogP) is -1.17. The van der Waals surface area contributed by atoms with Crippen molar-refractivity contribution < 1.29 is 34.2 Å². The van der Waals surface area contributed by atoms with Crippen LogP contribution in [0, 0.1) is 0 Å². The number of hydrogen-bond acceptors (Lipinski definition) is 8. The Bertz CT molecular complexity index is 915. The number of aliphatic carboxylic acids is 2. The first-order valence-corrected chi connectivity index (χ1v) is 12.6. The Hall–Kier alpha value is -3.55. The highest BCUT2D eigenvalue weighted by Gasteiger charge is 2.30. The average Bonchev–Trinajstić information content (AvgIpc) is 2.87. The Labute approximate surface area is 221 Å². The standard InChI is InChI=1S/C25H40N6O7/c26-12-6-4-10-18(29-22(34)17(28)14-16-8-2-1-3-9-16)23(35)30-19(11-5-7-13-27)24(36)31-20(25(37)38)15-21(32)33/h1-3,8-9,17-20H,4-7,10-15,26-28H2,(H,29,34)(H,30,35)(H,31,36)(H,32,33)(H,37,38). The predicted molar refractivity (Wildman–Crippen MR) is 140 cm³/mol. The zero-order chi connectivity index (χ0) is 28.5. The van der Waals surface area contributed by atoms with E-state index >= 15 is 0 Å². The lowest BCUT2D eigenvalue weighted by Gasteiger charge is -2.25. The molecule has 0 fully saturated rings. The molecule has 1 aromatic carbocycles. The highest BCUT2D eigenvalue weighted by Crippen LogP contribution is 2.08. The van der Waals surface area contributed by atoms with Crippen molar-refractivity contribution in [1.29, 1.82) is 0 Å². The maximum atomic E-state index is 13.2. The Balaban J connectivity index is 2.98. The van der Waals surface area contributed by atoms with Crippen LogP contribution >= 0.6 is 0 Å². The third-order valence-electron chi connectivity index (χ3n) is 5.79. The van der Waals surface area contributed by atoms with Crippen molar-refractivity contribution in [2.24, 2.45) is 17.2 Å². The molecule has 0 aromatic heterocycles. The number of carbonyl (C=O) groups is 5. The summed E-state index contributed by atoms with van der Waals surface area (Å²) in [6.45, 7) is 0.732. The van der Waals surface area contributed by atoms with E-state index in [1.165, 1.54) is 0 Å². The minimum Gasteiger partial charge on any atom is -0.481 e. The molecule has 0 saturated heterocycles. The van der Waals surface area contributed by atoms with Crippen molar-refractivity contribution in [2.75, 3.05) is 13.1 Å². The van der Waals surface area contributed by atoms with E-state index in [0.717, 1.165) is 5.56 Å². The van der Waals surface area contributed by atoms with E-state index in [1.54, 1.807) is 0 Å². The summed E-state index contributed by atoms with van der Waals surface area (Å²) in [5.74, 6) is -4.97. The van der Waals surface area contributed by atoms with E-state index in [4.69, 9.17) is 22.3 Å². The van der Waals surface area contributed by atoms with Crippen LogP contribution in [0.2, 0.25) is 0 Å². The van der Waals surface area contributed by atoms with Gasteiger partial charge in [-0.1, -0.05) is 30.3 Å². The fraction of sp³-hybridized carbons (Fsp3) is 0.560. The number of carboxylic acid groups (broad SMARTS) is 2. The molecule has 4 atom stereocenters. The molecule has 212 valence electrons. The lowest BCUT2D eigenvalue weighted by molar-refractivity contribution is -0.147. The lowest BCUT2D eigenvalue weighted by Crippen LogP contribution is -2.57. The number of amides is 3. The van der Waals surface area contributed by atoms with Gasteiger partial charge in [0.1, 0.15) is 18.1 Å². The second-order valence-corrected chi connectivity index (χ2v) is 8.98. The first kappa shape index (κ1) is 32.5. The maximum absolute atomic E-state index is 13.2. The van der Waals surface area contributed by atoms with Gasteiger partial charge in [0.05, 0.1) is 12.5 Å². The first-order chi connectivity index (χ1) is 18.1. The van der Waals surface area contributed by atoms with Crippen LogP contribution in [-0.4, -0.2) is 77.1 Å². The molecular weight excluding hydrogens is 496 g/mol. The van der Waals surface area contributed by atoms with Crippen LogP contribution in [0.25, 0.3) is 0 Å². The van der Waals surface area contributed by atoms with Crippen LogP contribution in [0.1, 0.15) is 50.5 Å². The van der Waals surface area contributed by atoms with Crippen LogP contribution in [0.5, 0.6) is 0 Å². The summed E-state index contributed by atoms with van der Waals surface area (Å²) in [6.07, 6.45) is 1.90. The van der Waals surface area contributed by atoms with Gasteiger partial charge in [-0.3, -0.25) is 19.2 Å². The zero-order valence-electron chi connectivity index (χ0n) is 21.4. The maximum Gasteiger partial charge on any atom is 0.326 e. The Kier molecular flexibility index (Phi) is 15.2. The van der Waals surface area contributed by atoms with Crippen molar-refractivity contribution in [1.82, 2.24) is 16.0 Å². The fourth-order valence-corrected chi connectivity index (χ4v) is 3.68. The number of benzene rings is 1. The molecule has 4 unspecified atom stereocenters. The van der Waals surface area contributed by atoms with Crippen molar-refractivity contribution in [2.45, 2.75) is 75.5 Å². The summed E-state index contributed by atoms with van der Waals surface area (Å²) in [6, 6.07) is 4.37. The van der Waals surface area contributed by atoms with Crippen LogP contribution in [0.15, 0.2) is 30.3 Å². The summed E-state index contributed by atoms with van der Waals surface area (Å²) < 4.78 is 0. The molecule has 13 nitrogen and oxygen atoms in total. The molecule has 0 aliphatic heterocycles. The Morgan fingerprint density at radius 1 is 0.711 bits per heavy atom. The minimum atomic E-state index is -1.68. The van der Waals surface area contributed by atoms with Gasteiger partial charge in [-0.05, 0) is 63.6 Å². The third-order valence-corrected chi connectivity index (χ3v) is 5.79. The van der Waals surface area contributed by atoms with Gasteiger partial charge in [-0.25, -0.2) is 4.79 Å². The van der Waals surface area contributed by atoms with E-state index in [-0.39, 0.29) is 19.3 Å². The molecule has 0 spiro atoms. The summed E-state index contributed by atoms with van der Waals surface area (Å²) >= 11 is 0. The Morgan fingerprint density at radius 2 is 1.18 bits per heavy atom. The number of unbranched alkanes of at least 4 members (excludes halogenated alkanes) is 2. The zero-order valence-corrected chi connectivity index (χ0v) is 21.4. The summed E-state index contributed by atoms with van der Waals surface area (Å²) in [4.78, 5) is 61.2. The van der Waals surface area contributed by atoms with E-state index in [1.807, 2.05) is 30.3 Å². The van der Waals surface area contributed by atoms with Crippen LogP contribution in [-0.2, 0) is 30.4 Å². The van der Waals surface area contributed by atoms with Crippen LogP contribution in [0.3, 0.4) is 0 Å². The summed E-state index contributed by atoms with van der Waals surface area (Å²) in [7, 11) is 0. The number of rotatable bonds is 19. The first-order valence-electron chi connectivity index (χ1n) is 12.6. The molecule has 13 heteroatoms. The van der Waals surface area contributed by atoms with Gasteiger partial charge in [0, 0.05) is 0 Å². The van der Waals surface area contributed by atoms with E-state index in [9.17, 15) is 29.1 Å². The number of hydrogen-bond donors (Lipinski definition) is 8. The molecular formula is C25H40N6O7. The molecule has 0 aliphatic carbocycles. The van der Waals surface area contributed by atoms with E-state index in [2.05, 4.69) is 16.0 Å². The number of nitrogens with one attached hydrogen (secondary N) is 3. The number of carbonyl (C=O) groups excluding carboxylic acids is 3. The topological polar surface area (TPSA) is 240 Å². The highest BCUT2D eigenvalue weighted by molar-refractivity contribution is 5.94. The highest BCUT2D eigenvalue weighted by atomic mass is 16.4. The normalized spacial score (nSPS) is 14.0. The molecule has 0 bridgehead atoms. The SMILES string of the molecule is NCCCCC(NC(=O)C(N)Cc1ccccc1)C(=O)NC(CCCCN)C(=O)NC(CC(=O)O)C(=O)O. The quantitative estimate of drug-likeness (QED) is 0.0985. The van der Waals surface area contributed by atoms with E-state index in [0.29, 0.717) is 38.8 Å². The van der Waals surface area contributed by atoms with Crippen molar-refractivity contribution in [3.05, 3.63) is 35.9 Å².